The van der Waals surface area contributed by atoms with Crippen molar-refractivity contribution in [3.05, 3.63) is 59.2 Å². The molecule has 1 aromatic carbocycles. The topological polar surface area (TPSA) is 62.2 Å². The molecule has 0 bridgehead atoms. The number of aryl methyl sites for hydroxylation is 1. The number of pyridine rings is 1. The van der Waals surface area contributed by atoms with E-state index in [0.29, 0.717) is 11.1 Å². The fourth-order valence-electron chi connectivity index (χ4n) is 1.76. The summed E-state index contributed by atoms with van der Waals surface area (Å²) in [6.45, 7) is 1.54. The molecule has 1 heterocycles. The third-order valence-corrected chi connectivity index (χ3v) is 2.74. The van der Waals surface area contributed by atoms with Crippen molar-refractivity contribution < 1.29 is 14.3 Å². The number of aliphatic hydroxyl groups excluding tert-OH is 1. The van der Waals surface area contributed by atoms with Crippen LogP contribution in [0.1, 0.15) is 21.5 Å². The molecule has 1 amide bonds. The second-order valence-electron chi connectivity index (χ2n) is 4.32. The van der Waals surface area contributed by atoms with Gasteiger partial charge in [-0.25, -0.2) is 4.39 Å². The summed E-state index contributed by atoms with van der Waals surface area (Å²) in [7, 11) is 0. The Bertz CT molecular complexity index is 733. The molecule has 21 heavy (non-hydrogen) atoms. The Morgan fingerprint density at radius 1 is 1.43 bits per heavy atom. The van der Waals surface area contributed by atoms with Gasteiger partial charge in [-0.3, -0.25) is 9.78 Å². The predicted octanol–water partition coefficient (Wildman–Crippen LogP) is 2.13. The number of aliphatic hydroxyl groups is 1. The Balaban J connectivity index is 2.34. The smallest absolute Gasteiger partial charge is 0.257 e. The molecule has 0 saturated carbocycles. The van der Waals surface area contributed by atoms with Crippen molar-refractivity contribution in [1.29, 1.82) is 0 Å². The largest absolute Gasteiger partial charge is 0.384 e. The number of nitrogens with zero attached hydrogens (tertiary/aromatic N) is 1. The molecule has 5 heteroatoms. The summed E-state index contributed by atoms with van der Waals surface area (Å²) in [6.07, 6.45) is 2.42. The molecule has 2 N–H and O–H groups in total. The minimum atomic E-state index is -0.610. The van der Waals surface area contributed by atoms with Gasteiger partial charge in [0.2, 0.25) is 0 Å². The molecule has 2 rings (SSSR count). The van der Waals surface area contributed by atoms with E-state index in [2.05, 4.69) is 22.1 Å². The molecule has 0 spiro atoms. The van der Waals surface area contributed by atoms with E-state index >= 15 is 0 Å². The van der Waals surface area contributed by atoms with E-state index in [9.17, 15) is 9.18 Å². The van der Waals surface area contributed by atoms with Crippen molar-refractivity contribution in [2.75, 3.05) is 11.9 Å². The van der Waals surface area contributed by atoms with E-state index in [1.54, 1.807) is 12.1 Å². The first-order chi connectivity index (χ1) is 10.1. The van der Waals surface area contributed by atoms with Gasteiger partial charge < -0.3 is 10.4 Å². The monoisotopic (exact) mass is 284 g/mol. The van der Waals surface area contributed by atoms with Crippen LogP contribution in [0.2, 0.25) is 0 Å². The molecule has 0 atom stereocenters. The number of carbonyl (C=O) groups excluding carboxylic acids is 1. The summed E-state index contributed by atoms with van der Waals surface area (Å²) in [6, 6.07) is 6.54. The summed E-state index contributed by atoms with van der Waals surface area (Å²) in [5.41, 5.74) is 1.73. The SMILES string of the molecule is Cc1ccc(C#CCO)c(C(=O)Nc2ccncc2F)c1. The Hall–Kier alpha value is -2.71. The Labute approximate surface area is 121 Å². The van der Waals surface area contributed by atoms with Crippen LogP contribution in [0.5, 0.6) is 0 Å². The quantitative estimate of drug-likeness (QED) is 0.830. The normalized spacial score (nSPS) is 9.67. The van der Waals surface area contributed by atoms with Crippen LogP contribution >= 0.6 is 0 Å². The van der Waals surface area contributed by atoms with Gasteiger partial charge in [0.15, 0.2) is 5.82 Å². The van der Waals surface area contributed by atoms with Gasteiger partial charge >= 0.3 is 0 Å². The number of carbonyl (C=O) groups is 1. The van der Waals surface area contributed by atoms with Gasteiger partial charge in [0, 0.05) is 11.8 Å². The van der Waals surface area contributed by atoms with E-state index in [1.165, 1.54) is 12.3 Å². The molecule has 0 aliphatic heterocycles. The first kappa shape index (κ1) is 14.7. The highest BCUT2D eigenvalue weighted by atomic mass is 19.1. The molecule has 0 radical (unpaired) electrons. The van der Waals surface area contributed by atoms with Gasteiger partial charge in [0.25, 0.3) is 5.91 Å². The molecule has 4 nitrogen and oxygen atoms in total. The fraction of sp³-hybridized carbons (Fsp3) is 0.125. The highest BCUT2D eigenvalue weighted by Gasteiger charge is 2.13. The Kier molecular flexibility index (Phi) is 4.64. The van der Waals surface area contributed by atoms with Crippen LogP contribution in [-0.2, 0) is 0 Å². The summed E-state index contributed by atoms with van der Waals surface area (Å²) in [4.78, 5) is 15.9. The van der Waals surface area contributed by atoms with Gasteiger partial charge in [-0.1, -0.05) is 23.5 Å². The average molecular weight is 284 g/mol. The van der Waals surface area contributed by atoms with Crippen molar-refractivity contribution in [3.8, 4) is 11.8 Å². The van der Waals surface area contributed by atoms with Crippen LogP contribution in [0.4, 0.5) is 10.1 Å². The molecule has 0 fully saturated rings. The van der Waals surface area contributed by atoms with E-state index in [0.717, 1.165) is 11.8 Å². The molecular weight excluding hydrogens is 271 g/mol. The molecule has 1 aromatic heterocycles. The number of anilines is 1. The van der Waals surface area contributed by atoms with Crippen LogP contribution in [0.15, 0.2) is 36.7 Å². The van der Waals surface area contributed by atoms with E-state index in [4.69, 9.17) is 5.11 Å². The highest BCUT2D eigenvalue weighted by Crippen LogP contribution is 2.16. The zero-order valence-corrected chi connectivity index (χ0v) is 11.4. The minimum Gasteiger partial charge on any atom is -0.384 e. The summed E-state index contributed by atoms with van der Waals surface area (Å²) < 4.78 is 13.5. The van der Waals surface area contributed by atoms with E-state index in [-0.39, 0.29) is 12.3 Å². The molecule has 0 aliphatic rings. The maximum atomic E-state index is 13.5. The molecule has 0 saturated heterocycles. The second-order valence-corrected chi connectivity index (χ2v) is 4.32. The van der Waals surface area contributed by atoms with E-state index in [1.807, 2.05) is 13.0 Å². The lowest BCUT2D eigenvalue weighted by atomic mass is 10.0. The number of hydrogen-bond donors (Lipinski definition) is 2. The van der Waals surface area contributed by atoms with Crippen molar-refractivity contribution in [3.63, 3.8) is 0 Å². The minimum absolute atomic E-state index is 0.0533. The summed E-state index contributed by atoms with van der Waals surface area (Å²) in [5, 5.41) is 11.2. The number of nitrogens with one attached hydrogen (secondary N) is 1. The standard InChI is InChI=1S/C16H13FN2O2/c1-11-4-5-12(3-2-8-20)13(9-11)16(21)19-15-6-7-18-10-14(15)17/h4-7,9-10,20H,8H2,1H3,(H,18,19,21). The molecule has 106 valence electrons. The van der Waals surface area contributed by atoms with E-state index < -0.39 is 11.7 Å². The Morgan fingerprint density at radius 2 is 2.24 bits per heavy atom. The van der Waals surface area contributed by atoms with Crippen LogP contribution in [0.25, 0.3) is 0 Å². The van der Waals surface area contributed by atoms with Gasteiger partial charge in [0.1, 0.15) is 6.61 Å². The average Bonchev–Trinajstić information content (AvgIpc) is 2.48. The van der Waals surface area contributed by atoms with Gasteiger partial charge in [-0.15, -0.1) is 0 Å². The van der Waals surface area contributed by atoms with Crippen molar-refractivity contribution in [1.82, 2.24) is 4.98 Å². The van der Waals surface area contributed by atoms with Gasteiger partial charge in [-0.05, 0) is 25.1 Å². The summed E-state index contributed by atoms with van der Waals surface area (Å²) >= 11 is 0. The molecular formula is C16H13FN2O2. The van der Waals surface area contributed by atoms with Crippen LogP contribution in [-0.4, -0.2) is 22.6 Å². The van der Waals surface area contributed by atoms with Crippen molar-refractivity contribution in [2.24, 2.45) is 0 Å². The first-order valence-electron chi connectivity index (χ1n) is 6.23. The lowest BCUT2D eigenvalue weighted by Gasteiger charge is -2.08. The number of rotatable bonds is 2. The maximum absolute atomic E-state index is 13.5. The van der Waals surface area contributed by atoms with Gasteiger partial charge in [0.05, 0.1) is 17.4 Å². The highest BCUT2D eigenvalue weighted by molar-refractivity contribution is 6.06. The lowest BCUT2D eigenvalue weighted by molar-refractivity contribution is 0.102. The zero-order chi connectivity index (χ0) is 15.2. The molecule has 0 aliphatic carbocycles. The third-order valence-electron chi connectivity index (χ3n) is 2.74. The molecule has 2 aromatic rings. The number of hydrogen-bond acceptors (Lipinski definition) is 3. The zero-order valence-electron chi connectivity index (χ0n) is 11.4. The third kappa shape index (κ3) is 3.65. The van der Waals surface area contributed by atoms with Crippen molar-refractivity contribution >= 4 is 11.6 Å². The second kappa shape index (κ2) is 6.64. The van der Waals surface area contributed by atoms with Crippen molar-refractivity contribution in [2.45, 2.75) is 6.92 Å². The van der Waals surface area contributed by atoms with Crippen LogP contribution in [0.3, 0.4) is 0 Å². The number of halogens is 1. The van der Waals surface area contributed by atoms with Gasteiger partial charge in [-0.2, -0.15) is 0 Å². The van der Waals surface area contributed by atoms with Crippen LogP contribution < -0.4 is 5.32 Å². The predicted molar refractivity (Wildman–Crippen MR) is 77.3 cm³/mol. The number of benzene rings is 1. The fourth-order valence-corrected chi connectivity index (χ4v) is 1.76. The first-order valence-corrected chi connectivity index (χ1v) is 6.23. The lowest BCUT2D eigenvalue weighted by Crippen LogP contribution is -2.15. The maximum Gasteiger partial charge on any atom is 0.257 e. The van der Waals surface area contributed by atoms with Crippen LogP contribution in [0, 0.1) is 24.6 Å². The summed E-state index contributed by atoms with van der Waals surface area (Å²) in [5.74, 6) is 4.12. The Morgan fingerprint density at radius 3 is 2.95 bits per heavy atom. The molecule has 0 unspecified atom stereocenters. The number of aromatic nitrogens is 1. The number of amides is 1.